The Labute approximate surface area is 77.5 Å². The molecule has 0 N–H and O–H groups in total. The number of ether oxygens (including phenoxy) is 2. The molecule has 0 aliphatic rings. The fraction of sp³-hybridized carbons (Fsp3) is 0.556. The molecule has 0 aromatic rings. The molecule has 0 atom stereocenters. The minimum absolute atomic E-state index is 0.284. The summed E-state index contributed by atoms with van der Waals surface area (Å²) >= 11 is 0. The van der Waals surface area contributed by atoms with Gasteiger partial charge in [-0.15, -0.1) is 0 Å². The summed E-state index contributed by atoms with van der Waals surface area (Å²) in [7, 11) is 0. The third-order valence-corrected chi connectivity index (χ3v) is 1.21. The van der Waals surface area contributed by atoms with E-state index in [9.17, 15) is 9.59 Å². The lowest BCUT2D eigenvalue weighted by molar-refractivity contribution is -0.164. The summed E-state index contributed by atoms with van der Waals surface area (Å²) in [6, 6.07) is 0. The zero-order valence-electron chi connectivity index (χ0n) is 7.96. The molecule has 4 nitrogen and oxygen atoms in total. The van der Waals surface area contributed by atoms with Crippen LogP contribution in [-0.2, 0) is 19.1 Å². The number of rotatable bonds is 5. The van der Waals surface area contributed by atoms with E-state index in [1.807, 2.05) is 6.92 Å². The number of hydrogen-bond acceptors (Lipinski definition) is 4. The van der Waals surface area contributed by atoms with Gasteiger partial charge in [-0.1, -0.05) is 13.5 Å². The summed E-state index contributed by atoms with van der Waals surface area (Å²) in [5.41, 5.74) is 0.284. The normalized spacial score (nSPS) is 9.08. The Hall–Kier alpha value is -1.32. The van der Waals surface area contributed by atoms with Crippen LogP contribution in [0.2, 0.25) is 0 Å². The molecule has 13 heavy (non-hydrogen) atoms. The fourth-order valence-electron chi connectivity index (χ4n) is 0.548. The largest absolute Gasteiger partial charge is 0.428 e. The van der Waals surface area contributed by atoms with Gasteiger partial charge in [-0.05, 0) is 13.3 Å². The highest BCUT2D eigenvalue weighted by atomic mass is 16.7. The Morgan fingerprint density at radius 2 is 1.92 bits per heavy atom. The summed E-state index contributed by atoms with van der Waals surface area (Å²) in [4.78, 5) is 21.5. The molecule has 0 aliphatic carbocycles. The van der Waals surface area contributed by atoms with Crippen LogP contribution in [0, 0.1) is 0 Å². The molecule has 0 aromatic carbocycles. The molecule has 0 bridgehead atoms. The zero-order chi connectivity index (χ0) is 10.3. The van der Waals surface area contributed by atoms with Gasteiger partial charge in [0.2, 0.25) is 6.79 Å². The minimum Gasteiger partial charge on any atom is -0.428 e. The number of carbonyl (C=O) groups is 2. The molecule has 74 valence electrons. The molecule has 0 aromatic heterocycles. The summed E-state index contributed by atoms with van der Waals surface area (Å²) in [6.07, 6.45) is 1.05. The second kappa shape index (κ2) is 6.22. The summed E-state index contributed by atoms with van der Waals surface area (Å²) in [5.74, 6) is -0.915. The van der Waals surface area contributed by atoms with E-state index < -0.39 is 5.97 Å². The second-order valence-corrected chi connectivity index (χ2v) is 2.60. The van der Waals surface area contributed by atoms with Crippen molar-refractivity contribution in [3.8, 4) is 0 Å². The Bertz CT molecular complexity index is 208. The van der Waals surface area contributed by atoms with Crippen molar-refractivity contribution in [1.82, 2.24) is 0 Å². The van der Waals surface area contributed by atoms with E-state index >= 15 is 0 Å². The van der Waals surface area contributed by atoms with Gasteiger partial charge >= 0.3 is 11.9 Å². The Morgan fingerprint density at radius 3 is 2.38 bits per heavy atom. The van der Waals surface area contributed by atoms with Crippen molar-refractivity contribution >= 4 is 11.9 Å². The first-order valence-corrected chi connectivity index (χ1v) is 4.06. The van der Waals surface area contributed by atoms with Crippen molar-refractivity contribution < 1.29 is 19.1 Å². The Kier molecular flexibility index (Phi) is 5.59. The third kappa shape index (κ3) is 5.90. The lowest BCUT2D eigenvalue weighted by Gasteiger charge is -2.04. The van der Waals surface area contributed by atoms with E-state index in [2.05, 4.69) is 16.1 Å². The molecule has 4 heteroatoms. The molecule has 0 unspecified atom stereocenters. The number of carbonyl (C=O) groups excluding carboxylic acids is 2. The minimum atomic E-state index is -0.552. The predicted octanol–water partition coefficient (Wildman–Crippen LogP) is 1.41. The second-order valence-electron chi connectivity index (χ2n) is 2.60. The van der Waals surface area contributed by atoms with Gasteiger partial charge in [0.05, 0.1) is 0 Å². The molecule has 0 saturated carbocycles. The quantitative estimate of drug-likeness (QED) is 0.370. The van der Waals surface area contributed by atoms with E-state index in [1.165, 1.54) is 6.92 Å². The fourth-order valence-corrected chi connectivity index (χ4v) is 0.548. The van der Waals surface area contributed by atoms with Gasteiger partial charge in [-0.25, -0.2) is 4.79 Å². The van der Waals surface area contributed by atoms with Crippen molar-refractivity contribution in [2.75, 3.05) is 6.79 Å². The van der Waals surface area contributed by atoms with Gasteiger partial charge < -0.3 is 9.47 Å². The average molecular weight is 186 g/mol. The van der Waals surface area contributed by atoms with Gasteiger partial charge in [-0.3, -0.25) is 4.79 Å². The van der Waals surface area contributed by atoms with Gasteiger partial charge in [0.1, 0.15) is 0 Å². The van der Waals surface area contributed by atoms with E-state index in [4.69, 9.17) is 0 Å². The molecule has 0 amide bonds. The van der Waals surface area contributed by atoms with Gasteiger partial charge in [0, 0.05) is 12.0 Å². The highest BCUT2D eigenvalue weighted by Crippen LogP contribution is 1.94. The van der Waals surface area contributed by atoms with Crippen LogP contribution in [0.5, 0.6) is 0 Å². The van der Waals surface area contributed by atoms with Crippen LogP contribution in [0.3, 0.4) is 0 Å². The van der Waals surface area contributed by atoms with Crippen LogP contribution in [-0.4, -0.2) is 18.7 Å². The molecule has 0 fully saturated rings. The van der Waals surface area contributed by atoms with Crippen LogP contribution >= 0.6 is 0 Å². The smallest absolute Gasteiger partial charge is 0.335 e. The molecule has 0 rings (SSSR count). The predicted molar refractivity (Wildman–Crippen MR) is 46.8 cm³/mol. The van der Waals surface area contributed by atoms with Crippen molar-refractivity contribution in [2.45, 2.75) is 26.7 Å². The van der Waals surface area contributed by atoms with E-state index in [-0.39, 0.29) is 18.3 Å². The SMILES string of the molecule is C=C(C)C(=O)OCOC(=O)CCC. The molecule has 0 heterocycles. The lowest BCUT2D eigenvalue weighted by atomic mass is 10.3. The van der Waals surface area contributed by atoms with Gasteiger partial charge in [0.25, 0.3) is 0 Å². The molecule has 0 aliphatic heterocycles. The topological polar surface area (TPSA) is 52.6 Å². The Morgan fingerprint density at radius 1 is 1.31 bits per heavy atom. The van der Waals surface area contributed by atoms with Crippen LogP contribution in [0.4, 0.5) is 0 Å². The summed E-state index contributed by atoms with van der Waals surface area (Å²) < 4.78 is 9.12. The van der Waals surface area contributed by atoms with Crippen LogP contribution in [0.1, 0.15) is 26.7 Å². The van der Waals surface area contributed by atoms with Crippen LogP contribution < -0.4 is 0 Å². The maximum absolute atomic E-state index is 10.8. The molecule has 0 saturated heterocycles. The highest BCUT2D eigenvalue weighted by molar-refractivity contribution is 5.86. The van der Waals surface area contributed by atoms with Crippen LogP contribution in [0.25, 0.3) is 0 Å². The molecule has 0 radical (unpaired) electrons. The van der Waals surface area contributed by atoms with E-state index in [0.717, 1.165) is 0 Å². The Balaban J connectivity index is 3.50. The van der Waals surface area contributed by atoms with Crippen molar-refractivity contribution in [3.05, 3.63) is 12.2 Å². The lowest BCUT2D eigenvalue weighted by Crippen LogP contribution is -2.12. The number of hydrogen-bond donors (Lipinski definition) is 0. The third-order valence-electron chi connectivity index (χ3n) is 1.21. The van der Waals surface area contributed by atoms with Crippen molar-refractivity contribution in [1.29, 1.82) is 0 Å². The van der Waals surface area contributed by atoms with E-state index in [0.29, 0.717) is 12.8 Å². The van der Waals surface area contributed by atoms with Crippen molar-refractivity contribution in [3.63, 3.8) is 0 Å². The molecular formula is C9H14O4. The maximum Gasteiger partial charge on any atom is 0.335 e. The van der Waals surface area contributed by atoms with Crippen molar-refractivity contribution in [2.24, 2.45) is 0 Å². The van der Waals surface area contributed by atoms with Gasteiger partial charge in [-0.2, -0.15) is 0 Å². The van der Waals surface area contributed by atoms with Gasteiger partial charge in [0.15, 0.2) is 0 Å². The first-order valence-electron chi connectivity index (χ1n) is 4.06. The first-order chi connectivity index (χ1) is 6.07. The standard InChI is InChI=1S/C9H14O4/c1-4-5-8(10)12-6-13-9(11)7(2)3/h2,4-6H2,1,3H3. The van der Waals surface area contributed by atoms with Crippen LogP contribution in [0.15, 0.2) is 12.2 Å². The number of esters is 2. The average Bonchev–Trinajstić information content (AvgIpc) is 2.04. The molecular weight excluding hydrogens is 172 g/mol. The highest BCUT2D eigenvalue weighted by Gasteiger charge is 2.04. The summed E-state index contributed by atoms with van der Waals surface area (Å²) in [6.45, 7) is 6.43. The maximum atomic E-state index is 10.8. The zero-order valence-corrected chi connectivity index (χ0v) is 7.96. The monoisotopic (exact) mass is 186 g/mol. The van der Waals surface area contributed by atoms with E-state index in [1.54, 1.807) is 0 Å². The molecule has 0 spiro atoms. The first kappa shape index (κ1) is 11.7. The summed E-state index contributed by atoms with van der Waals surface area (Å²) in [5, 5.41) is 0.